The zero-order chi connectivity index (χ0) is 21.8. The number of benzene rings is 2. The summed E-state index contributed by atoms with van der Waals surface area (Å²) in [6, 6.07) is 15.8. The van der Waals surface area contributed by atoms with E-state index in [0.717, 1.165) is 11.3 Å². The Balaban J connectivity index is 1.36. The van der Waals surface area contributed by atoms with E-state index in [4.69, 9.17) is 35.4 Å². The average molecular weight is 471 g/mol. The predicted molar refractivity (Wildman–Crippen MR) is 130 cm³/mol. The van der Waals surface area contributed by atoms with Gasteiger partial charge in [-0.05, 0) is 48.0 Å². The van der Waals surface area contributed by atoms with Crippen LogP contribution in [0, 0.1) is 6.92 Å². The van der Waals surface area contributed by atoms with Gasteiger partial charge in [0.05, 0.1) is 25.0 Å². The standard InChI is InChI=1S/C22H20Cl2N6S/c1-15-4-2-3-5-17(15)12-29-13-19(10-25-29)26-22(31)27-21-20(24)14-30(28-21)11-16-6-8-18(23)9-7-16/h2-10,13-14H,11-12H2,1H3,(H2,26,27,28,31). The summed E-state index contributed by atoms with van der Waals surface area (Å²) in [5.74, 6) is 0.487. The summed E-state index contributed by atoms with van der Waals surface area (Å²) in [6.45, 7) is 3.35. The van der Waals surface area contributed by atoms with Crippen LogP contribution in [-0.2, 0) is 13.1 Å². The summed E-state index contributed by atoms with van der Waals surface area (Å²) in [5, 5.41) is 16.6. The quantitative estimate of drug-likeness (QED) is 0.359. The van der Waals surface area contributed by atoms with Gasteiger partial charge in [-0.2, -0.15) is 10.2 Å². The molecule has 6 nitrogen and oxygen atoms in total. The number of thiocarbonyl (C=S) groups is 1. The van der Waals surface area contributed by atoms with Crippen LogP contribution >= 0.6 is 35.4 Å². The molecule has 0 spiro atoms. The first kappa shape index (κ1) is 21.4. The zero-order valence-electron chi connectivity index (χ0n) is 16.7. The van der Waals surface area contributed by atoms with Gasteiger partial charge >= 0.3 is 0 Å². The van der Waals surface area contributed by atoms with E-state index in [1.165, 1.54) is 11.1 Å². The molecule has 0 aliphatic heterocycles. The Morgan fingerprint density at radius 2 is 1.74 bits per heavy atom. The summed E-state index contributed by atoms with van der Waals surface area (Å²) in [7, 11) is 0. The number of nitrogens with one attached hydrogen (secondary N) is 2. The molecule has 9 heteroatoms. The molecule has 2 N–H and O–H groups in total. The number of halogens is 2. The molecule has 158 valence electrons. The van der Waals surface area contributed by atoms with Crippen LogP contribution in [0.4, 0.5) is 11.5 Å². The van der Waals surface area contributed by atoms with Gasteiger partial charge in [0.1, 0.15) is 5.02 Å². The summed E-state index contributed by atoms with van der Waals surface area (Å²) in [5.41, 5.74) is 4.30. The number of rotatable bonds is 6. The molecular formula is C22H20Cl2N6S. The Hall–Kier alpha value is -2.87. The van der Waals surface area contributed by atoms with Gasteiger partial charge in [-0.15, -0.1) is 0 Å². The molecule has 0 bridgehead atoms. The van der Waals surface area contributed by atoms with Gasteiger partial charge in [0.15, 0.2) is 10.9 Å². The van der Waals surface area contributed by atoms with E-state index >= 15 is 0 Å². The highest BCUT2D eigenvalue weighted by molar-refractivity contribution is 7.80. The second kappa shape index (κ2) is 9.51. The summed E-state index contributed by atoms with van der Waals surface area (Å²) < 4.78 is 3.61. The van der Waals surface area contributed by atoms with Crippen LogP contribution in [0.3, 0.4) is 0 Å². The summed E-state index contributed by atoms with van der Waals surface area (Å²) >= 11 is 17.7. The molecule has 2 aromatic carbocycles. The van der Waals surface area contributed by atoms with Crippen molar-refractivity contribution in [3.63, 3.8) is 0 Å². The maximum Gasteiger partial charge on any atom is 0.176 e. The Bertz CT molecular complexity index is 1200. The van der Waals surface area contributed by atoms with Crippen molar-refractivity contribution >= 4 is 52.0 Å². The molecule has 0 aliphatic carbocycles. The van der Waals surface area contributed by atoms with Crippen LogP contribution in [0.25, 0.3) is 0 Å². The molecule has 0 radical (unpaired) electrons. The van der Waals surface area contributed by atoms with E-state index in [0.29, 0.717) is 34.1 Å². The maximum atomic E-state index is 6.32. The lowest BCUT2D eigenvalue weighted by atomic mass is 10.1. The normalized spacial score (nSPS) is 10.8. The molecule has 0 unspecified atom stereocenters. The molecule has 4 aromatic rings. The first-order chi connectivity index (χ1) is 15.0. The van der Waals surface area contributed by atoms with Gasteiger partial charge in [0, 0.05) is 17.4 Å². The molecule has 31 heavy (non-hydrogen) atoms. The third-order valence-corrected chi connectivity index (χ3v) is 5.42. The lowest BCUT2D eigenvalue weighted by Gasteiger charge is -2.07. The number of nitrogens with zero attached hydrogens (tertiary/aromatic N) is 4. The number of aryl methyl sites for hydroxylation is 1. The van der Waals surface area contributed by atoms with Crippen molar-refractivity contribution in [2.45, 2.75) is 20.0 Å². The molecule has 0 aliphatic rings. The Morgan fingerprint density at radius 1 is 0.968 bits per heavy atom. The highest BCUT2D eigenvalue weighted by Gasteiger charge is 2.10. The average Bonchev–Trinajstić information content (AvgIpc) is 3.31. The molecule has 4 rings (SSSR count). The van der Waals surface area contributed by atoms with E-state index in [2.05, 4.69) is 39.9 Å². The van der Waals surface area contributed by atoms with E-state index < -0.39 is 0 Å². The molecule has 2 aromatic heterocycles. The van der Waals surface area contributed by atoms with E-state index in [9.17, 15) is 0 Å². The summed E-state index contributed by atoms with van der Waals surface area (Å²) in [4.78, 5) is 0. The first-order valence-corrected chi connectivity index (χ1v) is 10.7. The van der Waals surface area contributed by atoms with E-state index in [1.54, 1.807) is 17.1 Å². The SMILES string of the molecule is Cc1ccccc1Cn1cc(NC(=S)Nc2nn(Cc3ccc(Cl)cc3)cc2Cl)cn1. The predicted octanol–water partition coefficient (Wildman–Crippen LogP) is 5.60. The van der Waals surface area contributed by atoms with Gasteiger partial charge < -0.3 is 10.6 Å². The number of aromatic nitrogens is 4. The Morgan fingerprint density at radius 3 is 2.52 bits per heavy atom. The second-order valence-electron chi connectivity index (χ2n) is 7.08. The fraction of sp³-hybridized carbons (Fsp3) is 0.136. The van der Waals surface area contributed by atoms with Gasteiger partial charge in [-0.1, -0.05) is 59.6 Å². The van der Waals surface area contributed by atoms with Crippen molar-refractivity contribution in [3.05, 3.63) is 93.9 Å². The smallest absolute Gasteiger partial charge is 0.176 e. The molecular weight excluding hydrogens is 451 g/mol. The second-order valence-corrected chi connectivity index (χ2v) is 8.33. The van der Waals surface area contributed by atoms with Crippen LogP contribution in [0.1, 0.15) is 16.7 Å². The van der Waals surface area contributed by atoms with Crippen LogP contribution in [0.2, 0.25) is 10.0 Å². The van der Waals surface area contributed by atoms with Gasteiger partial charge in [0.2, 0.25) is 0 Å². The maximum absolute atomic E-state index is 6.32. The van der Waals surface area contributed by atoms with Crippen molar-refractivity contribution < 1.29 is 0 Å². The van der Waals surface area contributed by atoms with Crippen molar-refractivity contribution in [1.82, 2.24) is 19.6 Å². The van der Waals surface area contributed by atoms with Gasteiger partial charge in [0.25, 0.3) is 0 Å². The number of hydrogen-bond donors (Lipinski definition) is 2. The molecule has 2 heterocycles. The van der Waals surface area contributed by atoms with Crippen molar-refractivity contribution in [1.29, 1.82) is 0 Å². The first-order valence-electron chi connectivity index (χ1n) is 9.58. The van der Waals surface area contributed by atoms with Crippen LogP contribution in [-0.4, -0.2) is 24.7 Å². The number of hydrogen-bond acceptors (Lipinski definition) is 3. The van der Waals surface area contributed by atoms with Gasteiger partial charge in [-0.25, -0.2) is 0 Å². The monoisotopic (exact) mass is 470 g/mol. The molecule has 0 amide bonds. The molecule has 0 atom stereocenters. The van der Waals surface area contributed by atoms with E-state index in [1.807, 2.05) is 47.3 Å². The molecule has 0 fully saturated rings. The fourth-order valence-electron chi connectivity index (χ4n) is 3.09. The highest BCUT2D eigenvalue weighted by atomic mass is 35.5. The van der Waals surface area contributed by atoms with Crippen molar-refractivity contribution in [2.24, 2.45) is 0 Å². The largest absolute Gasteiger partial charge is 0.330 e. The van der Waals surface area contributed by atoms with Crippen LogP contribution in [0.15, 0.2) is 67.1 Å². The third-order valence-electron chi connectivity index (χ3n) is 4.69. The molecule has 0 saturated carbocycles. The minimum atomic E-state index is 0.383. The zero-order valence-corrected chi connectivity index (χ0v) is 19.0. The third kappa shape index (κ3) is 5.64. The van der Waals surface area contributed by atoms with Crippen molar-refractivity contribution in [2.75, 3.05) is 10.6 Å². The summed E-state index contributed by atoms with van der Waals surface area (Å²) in [6.07, 6.45) is 5.38. The minimum Gasteiger partial charge on any atom is -0.330 e. The Labute approximate surface area is 195 Å². The number of anilines is 2. The lowest BCUT2D eigenvalue weighted by molar-refractivity contribution is 0.684. The van der Waals surface area contributed by atoms with E-state index in [-0.39, 0.29) is 0 Å². The van der Waals surface area contributed by atoms with Gasteiger partial charge in [-0.3, -0.25) is 9.36 Å². The lowest BCUT2D eigenvalue weighted by Crippen LogP contribution is -2.19. The highest BCUT2D eigenvalue weighted by Crippen LogP contribution is 2.21. The van der Waals surface area contributed by atoms with Crippen molar-refractivity contribution in [3.8, 4) is 0 Å². The minimum absolute atomic E-state index is 0.383. The van der Waals surface area contributed by atoms with Crippen LogP contribution < -0.4 is 10.6 Å². The Kier molecular flexibility index (Phi) is 6.56. The van der Waals surface area contributed by atoms with Crippen LogP contribution in [0.5, 0.6) is 0 Å². The fourth-order valence-corrected chi connectivity index (χ4v) is 3.62. The molecule has 0 saturated heterocycles. The topological polar surface area (TPSA) is 59.7 Å².